The number of nitrogens with two attached hydrogens (primary N) is 1. The van der Waals surface area contributed by atoms with E-state index in [1.54, 1.807) is 0 Å². The molecule has 3 N–H and O–H groups in total. The fraction of sp³-hybridized carbons (Fsp3) is 0.227. The molecule has 0 fully saturated rings. The molecule has 0 saturated carbocycles. The first-order valence-corrected chi connectivity index (χ1v) is 8.89. The van der Waals surface area contributed by atoms with Crippen molar-refractivity contribution in [2.75, 3.05) is 13.2 Å². The number of hydrogen-bond donors (Lipinski definition) is 2. The topological polar surface area (TPSA) is 64.3 Å². The molecule has 0 radical (unpaired) electrons. The van der Waals surface area contributed by atoms with Gasteiger partial charge in [0.25, 0.3) is 5.91 Å². The van der Waals surface area contributed by atoms with Gasteiger partial charge in [-0.2, -0.15) is 0 Å². The second-order valence-corrected chi connectivity index (χ2v) is 6.35. The van der Waals surface area contributed by atoms with Crippen LogP contribution >= 0.6 is 0 Å². The molecule has 3 aromatic carbocycles. The van der Waals surface area contributed by atoms with E-state index in [2.05, 4.69) is 17.4 Å². The second kappa shape index (κ2) is 8.02. The average molecular weight is 348 g/mol. The molecule has 1 atom stereocenters. The normalized spacial score (nSPS) is 12.0. The molecule has 0 heterocycles. The Morgan fingerprint density at radius 2 is 1.81 bits per heavy atom. The number of rotatable bonds is 6. The molecular weight excluding hydrogens is 324 g/mol. The number of hydrogen-bond acceptors (Lipinski definition) is 3. The third kappa shape index (κ3) is 3.86. The van der Waals surface area contributed by atoms with Crippen LogP contribution in [0.1, 0.15) is 24.2 Å². The van der Waals surface area contributed by atoms with Crippen LogP contribution in [0.25, 0.3) is 21.9 Å². The number of benzene rings is 3. The minimum Gasteiger partial charge on any atom is -0.494 e. The first kappa shape index (κ1) is 18.0. The van der Waals surface area contributed by atoms with Crippen molar-refractivity contribution < 1.29 is 9.53 Å². The number of fused-ring (bicyclic) bond motifs is 1. The van der Waals surface area contributed by atoms with Crippen LogP contribution < -0.4 is 15.8 Å². The van der Waals surface area contributed by atoms with Gasteiger partial charge >= 0.3 is 0 Å². The molecule has 26 heavy (non-hydrogen) atoms. The minimum atomic E-state index is -0.104. The molecule has 0 aliphatic rings. The highest BCUT2D eigenvalue weighted by molar-refractivity contribution is 6.10. The van der Waals surface area contributed by atoms with Crippen LogP contribution in [0.5, 0.6) is 5.75 Å². The van der Waals surface area contributed by atoms with E-state index in [-0.39, 0.29) is 11.9 Å². The Kier molecular flexibility index (Phi) is 5.54. The van der Waals surface area contributed by atoms with E-state index in [1.807, 2.05) is 62.4 Å². The van der Waals surface area contributed by atoms with Crippen LogP contribution in [-0.4, -0.2) is 25.1 Å². The van der Waals surface area contributed by atoms with Crippen molar-refractivity contribution in [2.45, 2.75) is 19.9 Å². The maximum atomic E-state index is 12.6. The van der Waals surface area contributed by atoms with E-state index >= 15 is 0 Å². The molecule has 4 nitrogen and oxygen atoms in total. The minimum absolute atomic E-state index is 0.0780. The van der Waals surface area contributed by atoms with E-state index < -0.39 is 0 Å². The van der Waals surface area contributed by atoms with Crippen LogP contribution in [0.3, 0.4) is 0 Å². The SMILES string of the molecule is CCOc1cccc(-c2cccc3c(C(=O)NC[C@H](C)N)cccc23)c1. The van der Waals surface area contributed by atoms with Crippen molar-refractivity contribution in [2.24, 2.45) is 5.73 Å². The Balaban J connectivity index is 2.05. The molecule has 0 aromatic heterocycles. The van der Waals surface area contributed by atoms with Gasteiger partial charge in [-0.25, -0.2) is 0 Å². The summed E-state index contributed by atoms with van der Waals surface area (Å²) in [6, 6.07) is 19.8. The molecule has 134 valence electrons. The largest absolute Gasteiger partial charge is 0.494 e. The third-order valence-electron chi connectivity index (χ3n) is 4.21. The average Bonchev–Trinajstić information content (AvgIpc) is 2.65. The van der Waals surface area contributed by atoms with Gasteiger partial charge in [-0.1, -0.05) is 42.5 Å². The van der Waals surface area contributed by atoms with E-state index in [4.69, 9.17) is 10.5 Å². The molecule has 0 aliphatic carbocycles. The van der Waals surface area contributed by atoms with E-state index in [0.29, 0.717) is 18.7 Å². The highest BCUT2D eigenvalue weighted by atomic mass is 16.5. The molecule has 3 rings (SSSR count). The van der Waals surface area contributed by atoms with Crippen molar-refractivity contribution >= 4 is 16.7 Å². The Morgan fingerprint density at radius 1 is 1.08 bits per heavy atom. The van der Waals surface area contributed by atoms with Crippen LogP contribution in [0, 0.1) is 0 Å². The molecule has 0 saturated heterocycles. The van der Waals surface area contributed by atoms with Crippen LogP contribution in [0.2, 0.25) is 0 Å². The summed E-state index contributed by atoms with van der Waals surface area (Å²) in [6.07, 6.45) is 0. The summed E-state index contributed by atoms with van der Waals surface area (Å²) in [5.74, 6) is 0.737. The molecule has 4 heteroatoms. The van der Waals surface area contributed by atoms with Gasteiger partial charge in [0.15, 0.2) is 0 Å². The zero-order valence-corrected chi connectivity index (χ0v) is 15.2. The Bertz CT molecular complexity index is 919. The van der Waals surface area contributed by atoms with Crippen LogP contribution in [0.4, 0.5) is 0 Å². The van der Waals surface area contributed by atoms with Crippen LogP contribution in [0.15, 0.2) is 60.7 Å². The predicted octanol–water partition coefficient (Wildman–Crippen LogP) is 3.98. The third-order valence-corrected chi connectivity index (χ3v) is 4.21. The molecule has 0 unspecified atom stereocenters. The summed E-state index contributed by atoms with van der Waals surface area (Å²) in [7, 11) is 0. The van der Waals surface area contributed by atoms with Gasteiger partial charge in [-0.3, -0.25) is 4.79 Å². The predicted molar refractivity (Wildman–Crippen MR) is 107 cm³/mol. The first-order valence-electron chi connectivity index (χ1n) is 8.89. The highest BCUT2D eigenvalue weighted by Gasteiger charge is 2.13. The maximum absolute atomic E-state index is 12.6. The van der Waals surface area contributed by atoms with Crippen molar-refractivity contribution in [1.82, 2.24) is 5.32 Å². The first-order chi connectivity index (χ1) is 12.6. The highest BCUT2D eigenvalue weighted by Crippen LogP contribution is 2.32. The Hall–Kier alpha value is -2.85. The number of carbonyl (C=O) groups is 1. The standard InChI is InChI=1S/C22H24N2O2/c1-3-26-17-8-4-7-16(13-17)18-9-5-11-20-19(18)10-6-12-21(20)22(25)24-14-15(2)23/h4-13,15H,3,14,23H2,1-2H3,(H,24,25)/t15-/m0/s1. The van der Waals surface area contributed by atoms with Gasteiger partial charge in [-0.15, -0.1) is 0 Å². The molecule has 0 spiro atoms. The molecular formula is C22H24N2O2. The smallest absolute Gasteiger partial charge is 0.251 e. The van der Waals surface area contributed by atoms with Crippen molar-refractivity contribution in [3.8, 4) is 16.9 Å². The summed E-state index contributed by atoms with van der Waals surface area (Å²) < 4.78 is 5.62. The summed E-state index contributed by atoms with van der Waals surface area (Å²) in [6.45, 7) is 4.92. The maximum Gasteiger partial charge on any atom is 0.251 e. The number of amides is 1. The lowest BCUT2D eigenvalue weighted by atomic mass is 9.95. The molecule has 3 aromatic rings. The van der Waals surface area contributed by atoms with E-state index in [0.717, 1.165) is 27.6 Å². The lowest BCUT2D eigenvalue weighted by Gasteiger charge is -2.13. The quantitative estimate of drug-likeness (QED) is 0.708. The summed E-state index contributed by atoms with van der Waals surface area (Å²) in [5.41, 5.74) is 8.54. The molecule has 1 amide bonds. The Labute approximate surface area is 154 Å². The summed E-state index contributed by atoms with van der Waals surface area (Å²) in [5, 5.41) is 4.85. The van der Waals surface area contributed by atoms with Crippen molar-refractivity contribution in [1.29, 1.82) is 0 Å². The van der Waals surface area contributed by atoms with Crippen LogP contribution in [-0.2, 0) is 0 Å². The number of ether oxygens (including phenoxy) is 1. The second-order valence-electron chi connectivity index (χ2n) is 6.35. The van der Waals surface area contributed by atoms with Crippen molar-refractivity contribution in [3.05, 3.63) is 66.2 Å². The fourth-order valence-corrected chi connectivity index (χ4v) is 3.03. The number of carbonyl (C=O) groups excluding carboxylic acids is 1. The van der Waals surface area contributed by atoms with Gasteiger partial charge in [-0.05, 0) is 53.9 Å². The molecule has 0 bridgehead atoms. The summed E-state index contributed by atoms with van der Waals surface area (Å²) in [4.78, 5) is 12.6. The monoisotopic (exact) mass is 348 g/mol. The lowest BCUT2D eigenvalue weighted by molar-refractivity contribution is 0.0953. The van der Waals surface area contributed by atoms with Gasteiger partial charge in [0.05, 0.1) is 6.61 Å². The lowest BCUT2D eigenvalue weighted by Crippen LogP contribution is -2.35. The fourth-order valence-electron chi connectivity index (χ4n) is 3.03. The van der Waals surface area contributed by atoms with Gasteiger partial charge in [0.1, 0.15) is 5.75 Å². The van der Waals surface area contributed by atoms with Gasteiger partial charge in [0, 0.05) is 18.2 Å². The molecule has 0 aliphatic heterocycles. The van der Waals surface area contributed by atoms with Gasteiger partial charge < -0.3 is 15.8 Å². The van der Waals surface area contributed by atoms with E-state index in [1.165, 1.54) is 0 Å². The summed E-state index contributed by atoms with van der Waals surface area (Å²) >= 11 is 0. The zero-order valence-electron chi connectivity index (χ0n) is 15.2. The van der Waals surface area contributed by atoms with E-state index in [9.17, 15) is 4.79 Å². The zero-order chi connectivity index (χ0) is 18.5. The van der Waals surface area contributed by atoms with Gasteiger partial charge in [0.2, 0.25) is 0 Å². The number of nitrogens with one attached hydrogen (secondary N) is 1. The van der Waals surface area contributed by atoms with Crippen molar-refractivity contribution in [3.63, 3.8) is 0 Å². The Morgan fingerprint density at radius 3 is 2.58 bits per heavy atom.